The number of aromatic nitrogens is 2. The topological polar surface area (TPSA) is 95.1 Å². The summed E-state index contributed by atoms with van der Waals surface area (Å²) in [5.41, 5.74) is -0.965. The number of amides is 1. The zero-order valence-electron chi connectivity index (χ0n) is 11.8. The Bertz CT molecular complexity index is 677. The average molecular weight is 307 g/mol. The van der Waals surface area contributed by atoms with Crippen molar-refractivity contribution in [1.82, 2.24) is 15.3 Å². The molecular weight excluding hydrogens is 290 g/mol. The molecular formula is C14H17N3O3S. The minimum absolute atomic E-state index is 0.245. The third-order valence-electron chi connectivity index (χ3n) is 2.87. The van der Waals surface area contributed by atoms with Crippen LogP contribution in [0.5, 0.6) is 5.75 Å². The summed E-state index contributed by atoms with van der Waals surface area (Å²) in [5, 5.41) is 14.2. The molecule has 0 aromatic carbocycles. The van der Waals surface area contributed by atoms with E-state index in [4.69, 9.17) is 0 Å². The number of rotatable bonds is 5. The minimum Gasteiger partial charge on any atom is -0.501 e. The van der Waals surface area contributed by atoms with Gasteiger partial charge in [0.05, 0.1) is 4.88 Å². The molecule has 0 saturated carbocycles. The number of H-pyrrole nitrogens is 1. The molecule has 21 heavy (non-hydrogen) atoms. The summed E-state index contributed by atoms with van der Waals surface area (Å²) in [7, 11) is 0. The molecule has 0 aliphatic heterocycles. The molecule has 0 aliphatic carbocycles. The third-order valence-corrected chi connectivity index (χ3v) is 3.75. The van der Waals surface area contributed by atoms with Crippen molar-refractivity contribution in [3.05, 3.63) is 33.6 Å². The van der Waals surface area contributed by atoms with Gasteiger partial charge in [-0.2, -0.15) is 0 Å². The molecule has 112 valence electrons. The fraction of sp³-hybridized carbons (Fsp3) is 0.357. The largest absolute Gasteiger partial charge is 0.501 e. The molecule has 0 aliphatic rings. The lowest BCUT2D eigenvalue weighted by Gasteiger charge is -2.08. The summed E-state index contributed by atoms with van der Waals surface area (Å²) < 4.78 is 0. The van der Waals surface area contributed by atoms with Gasteiger partial charge in [0.2, 0.25) is 5.75 Å². The van der Waals surface area contributed by atoms with Crippen molar-refractivity contribution in [3.8, 4) is 16.5 Å². The minimum atomic E-state index is -0.720. The molecule has 0 radical (unpaired) electrons. The van der Waals surface area contributed by atoms with Crippen molar-refractivity contribution in [2.45, 2.75) is 20.3 Å². The maximum absolute atomic E-state index is 12.0. The van der Waals surface area contributed by atoms with Gasteiger partial charge < -0.3 is 15.4 Å². The highest BCUT2D eigenvalue weighted by atomic mass is 32.1. The number of hydrogen-bond donors (Lipinski definition) is 3. The normalized spacial score (nSPS) is 10.8. The summed E-state index contributed by atoms with van der Waals surface area (Å²) in [6, 6.07) is 3.59. The second-order valence-corrected chi connectivity index (χ2v) is 5.98. The number of carbonyl (C=O) groups is 1. The Morgan fingerprint density at radius 2 is 2.29 bits per heavy atom. The fourth-order valence-electron chi connectivity index (χ4n) is 1.71. The Morgan fingerprint density at radius 3 is 2.90 bits per heavy atom. The first-order valence-corrected chi connectivity index (χ1v) is 7.52. The number of thiophene rings is 1. The Hall–Kier alpha value is -2.15. The number of nitrogens with one attached hydrogen (secondary N) is 2. The number of aromatic amines is 1. The number of nitrogens with zero attached hydrogens (tertiary/aromatic N) is 1. The van der Waals surface area contributed by atoms with Crippen LogP contribution in [0, 0.1) is 5.92 Å². The van der Waals surface area contributed by atoms with E-state index in [1.807, 2.05) is 25.3 Å². The summed E-state index contributed by atoms with van der Waals surface area (Å²) >= 11 is 1.39. The molecule has 7 heteroatoms. The molecule has 0 spiro atoms. The molecule has 1 amide bonds. The van der Waals surface area contributed by atoms with Gasteiger partial charge in [0, 0.05) is 6.54 Å². The van der Waals surface area contributed by atoms with Crippen LogP contribution in [0.4, 0.5) is 0 Å². The highest BCUT2D eigenvalue weighted by molar-refractivity contribution is 7.13. The second-order valence-electron chi connectivity index (χ2n) is 5.03. The zero-order chi connectivity index (χ0) is 15.4. The van der Waals surface area contributed by atoms with Crippen LogP contribution < -0.4 is 10.9 Å². The molecule has 0 unspecified atom stereocenters. The van der Waals surface area contributed by atoms with Gasteiger partial charge in [-0.3, -0.25) is 9.59 Å². The van der Waals surface area contributed by atoms with Crippen LogP contribution >= 0.6 is 11.3 Å². The van der Waals surface area contributed by atoms with E-state index in [0.717, 1.165) is 11.3 Å². The molecule has 3 N–H and O–H groups in total. The first kappa shape index (κ1) is 15.2. The van der Waals surface area contributed by atoms with Crippen LogP contribution in [-0.2, 0) is 0 Å². The van der Waals surface area contributed by atoms with Crippen LogP contribution in [-0.4, -0.2) is 27.5 Å². The molecule has 6 nitrogen and oxygen atoms in total. The quantitative estimate of drug-likeness (QED) is 0.787. The SMILES string of the molecule is CC(C)CCNC(=O)c1nc(-c2cccs2)[nH]c(=O)c1O. The van der Waals surface area contributed by atoms with Gasteiger partial charge in [-0.05, 0) is 23.8 Å². The van der Waals surface area contributed by atoms with Crippen molar-refractivity contribution < 1.29 is 9.90 Å². The number of hydrogen-bond acceptors (Lipinski definition) is 5. The van der Waals surface area contributed by atoms with Crippen LogP contribution in [0.2, 0.25) is 0 Å². The maximum Gasteiger partial charge on any atom is 0.294 e. The Labute approximate surface area is 125 Å². The van der Waals surface area contributed by atoms with E-state index in [9.17, 15) is 14.7 Å². The van der Waals surface area contributed by atoms with E-state index in [2.05, 4.69) is 15.3 Å². The van der Waals surface area contributed by atoms with Gasteiger partial charge in [0.25, 0.3) is 11.5 Å². The first-order valence-electron chi connectivity index (χ1n) is 6.64. The smallest absolute Gasteiger partial charge is 0.294 e. The highest BCUT2D eigenvalue weighted by Crippen LogP contribution is 2.21. The van der Waals surface area contributed by atoms with Gasteiger partial charge in [-0.25, -0.2) is 4.98 Å². The summed E-state index contributed by atoms with van der Waals surface area (Å²) in [6.45, 7) is 4.56. The number of carbonyl (C=O) groups excluding carboxylic acids is 1. The maximum atomic E-state index is 12.0. The van der Waals surface area contributed by atoms with Gasteiger partial charge >= 0.3 is 0 Å². The Kier molecular flexibility index (Phi) is 4.74. The number of aromatic hydroxyl groups is 1. The molecule has 2 heterocycles. The van der Waals surface area contributed by atoms with E-state index >= 15 is 0 Å². The Balaban J connectivity index is 2.26. The van der Waals surface area contributed by atoms with Gasteiger partial charge in [0.1, 0.15) is 0 Å². The molecule has 0 saturated heterocycles. The standard InChI is InChI=1S/C14H17N3O3S/c1-8(2)5-6-15-13(19)10-11(18)14(20)17-12(16-10)9-4-3-7-21-9/h3-4,7-8,18H,5-6H2,1-2H3,(H,15,19)(H,16,17,20). The lowest BCUT2D eigenvalue weighted by Crippen LogP contribution is -2.28. The second kappa shape index (κ2) is 6.53. The van der Waals surface area contributed by atoms with Crippen molar-refractivity contribution in [3.63, 3.8) is 0 Å². The highest BCUT2D eigenvalue weighted by Gasteiger charge is 2.18. The summed E-state index contributed by atoms with van der Waals surface area (Å²) in [6.07, 6.45) is 0.813. The van der Waals surface area contributed by atoms with E-state index in [1.165, 1.54) is 11.3 Å². The van der Waals surface area contributed by atoms with Gasteiger partial charge in [0.15, 0.2) is 11.5 Å². The van der Waals surface area contributed by atoms with E-state index in [1.54, 1.807) is 6.07 Å². The summed E-state index contributed by atoms with van der Waals surface area (Å²) in [4.78, 5) is 31.0. The van der Waals surface area contributed by atoms with Crippen molar-refractivity contribution in [2.24, 2.45) is 5.92 Å². The van der Waals surface area contributed by atoms with Crippen LogP contribution in [0.15, 0.2) is 22.3 Å². The average Bonchev–Trinajstić information content (AvgIpc) is 2.95. The summed E-state index contributed by atoms with van der Waals surface area (Å²) in [5.74, 6) is -0.469. The zero-order valence-corrected chi connectivity index (χ0v) is 12.7. The fourth-order valence-corrected chi connectivity index (χ4v) is 2.38. The molecule has 0 atom stereocenters. The van der Waals surface area contributed by atoms with Crippen molar-refractivity contribution in [2.75, 3.05) is 6.54 Å². The third kappa shape index (κ3) is 3.69. The first-order chi connectivity index (χ1) is 9.99. The predicted molar refractivity (Wildman–Crippen MR) is 81.6 cm³/mol. The molecule has 2 aromatic rings. The van der Waals surface area contributed by atoms with Gasteiger partial charge in [-0.15, -0.1) is 11.3 Å². The van der Waals surface area contributed by atoms with Gasteiger partial charge in [-0.1, -0.05) is 19.9 Å². The van der Waals surface area contributed by atoms with Crippen molar-refractivity contribution in [1.29, 1.82) is 0 Å². The lowest BCUT2D eigenvalue weighted by atomic mass is 10.1. The van der Waals surface area contributed by atoms with Crippen LogP contribution in [0.1, 0.15) is 30.8 Å². The Morgan fingerprint density at radius 1 is 1.52 bits per heavy atom. The van der Waals surface area contributed by atoms with E-state index < -0.39 is 17.2 Å². The molecule has 0 bridgehead atoms. The molecule has 0 fully saturated rings. The predicted octanol–water partition coefficient (Wildman–Crippen LogP) is 1.98. The lowest BCUT2D eigenvalue weighted by molar-refractivity contribution is 0.0943. The molecule has 2 aromatic heterocycles. The molecule has 2 rings (SSSR count). The van der Waals surface area contributed by atoms with Crippen molar-refractivity contribution >= 4 is 17.2 Å². The van der Waals surface area contributed by atoms with Crippen LogP contribution in [0.25, 0.3) is 10.7 Å². The van der Waals surface area contributed by atoms with Crippen LogP contribution in [0.3, 0.4) is 0 Å². The van der Waals surface area contributed by atoms with E-state index in [0.29, 0.717) is 12.5 Å². The monoisotopic (exact) mass is 307 g/mol. The van der Waals surface area contributed by atoms with E-state index in [-0.39, 0.29) is 11.5 Å².